The average Bonchev–Trinajstić information content (AvgIpc) is 2.90. The number of pyridine rings is 1. The lowest BCUT2D eigenvalue weighted by atomic mass is 10.2. The van der Waals surface area contributed by atoms with Gasteiger partial charge in [-0.05, 0) is 35.9 Å². The molecule has 0 spiro atoms. The maximum atomic E-state index is 12.1. The van der Waals surface area contributed by atoms with Crippen LogP contribution in [-0.4, -0.2) is 23.1 Å². The number of hydrogen-bond donors (Lipinski definition) is 1. The zero-order valence-corrected chi connectivity index (χ0v) is 14.1. The van der Waals surface area contributed by atoms with Gasteiger partial charge in [0.15, 0.2) is 0 Å². The van der Waals surface area contributed by atoms with Crippen molar-refractivity contribution in [2.45, 2.75) is 19.3 Å². The number of hydrogen-bond acceptors (Lipinski definition) is 4. The van der Waals surface area contributed by atoms with Gasteiger partial charge in [0.05, 0.1) is 6.42 Å². The molecule has 0 saturated carbocycles. The second-order valence-electron chi connectivity index (χ2n) is 5.45. The van der Waals surface area contributed by atoms with Crippen molar-refractivity contribution in [3.8, 4) is 10.4 Å². The Bertz CT molecular complexity index is 775. The third kappa shape index (κ3) is 4.73. The Labute approximate surface area is 145 Å². The van der Waals surface area contributed by atoms with Gasteiger partial charge in [0.1, 0.15) is 0 Å². The predicted octanol–water partition coefficient (Wildman–Crippen LogP) is 3.77. The van der Waals surface area contributed by atoms with E-state index in [0.717, 1.165) is 33.9 Å². The molecule has 0 aliphatic carbocycles. The maximum absolute atomic E-state index is 12.1. The molecule has 2 aromatic rings. The molecular formula is C19H19N3OS. The minimum atomic E-state index is 0.0541. The number of rotatable bonds is 6. The molecule has 0 atom stereocenters. The van der Waals surface area contributed by atoms with Gasteiger partial charge in [-0.15, -0.1) is 11.3 Å². The number of aromatic nitrogens is 1. The van der Waals surface area contributed by atoms with Gasteiger partial charge in [-0.3, -0.25) is 14.8 Å². The average molecular weight is 337 g/mol. The Morgan fingerprint density at radius 2 is 2.04 bits per heavy atom. The van der Waals surface area contributed by atoms with Crippen molar-refractivity contribution in [2.75, 3.05) is 6.54 Å². The fraction of sp³-hybridized carbons (Fsp3) is 0.211. The van der Waals surface area contributed by atoms with Gasteiger partial charge in [0, 0.05) is 53.4 Å². The molecule has 24 heavy (non-hydrogen) atoms. The normalized spacial score (nSPS) is 13.4. The van der Waals surface area contributed by atoms with Gasteiger partial charge in [-0.2, -0.15) is 0 Å². The van der Waals surface area contributed by atoms with E-state index in [0.29, 0.717) is 13.0 Å². The Morgan fingerprint density at radius 3 is 2.92 bits per heavy atom. The summed E-state index contributed by atoms with van der Waals surface area (Å²) < 4.78 is 0. The SMILES string of the molecule is O=C(Cc1ccc(-c2ccncc2)s1)NCCC1=NC=CC=CC1. The smallest absolute Gasteiger partial charge is 0.225 e. The van der Waals surface area contributed by atoms with Crippen LogP contribution in [0.25, 0.3) is 10.4 Å². The van der Waals surface area contributed by atoms with E-state index in [2.05, 4.69) is 27.4 Å². The summed E-state index contributed by atoms with van der Waals surface area (Å²) in [5.41, 5.74) is 2.23. The third-order valence-electron chi connectivity index (χ3n) is 3.64. The van der Waals surface area contributed by atoms with Gasteiger partial charge in [0.25, 0.3) is 0 Å². The molecule has 122 valence electrons. The van der Waals surface area contributed by atoms with E-state index < -0.39 is 0 Å². The number of carbonyl (C=O) groups excluding carboxylic acids is 1. The molecule has 3 heterocycles. The first-order chi connectivity index (χ1) is 11.8. The van der Waals surface area contributed by atoms with E-state index in [-0.39, 0.29) is 5.91 Å². The molecule has 0 unspecified atom stereocenters. The van der Waals surface area contributed by atoms with E-state index in [1.807, 2.05) is 30.4 Å². The molecule has 1 amide bonds. The highest BCUT2D eigenvalue weighted by atomic mass is 32.1. The highest BCUT2D eigenvalue weighted by molar-refractivity contribution is 7.15. The Morgan fingerprint density at radius 1 is 1.17 bits per heavy atom. The van der Waals surface area contributed by atoms with Gasteiger partial charge < -0.3 is 5.32 Å². The molecule has 0 fully saturated rings. The number of aliphatic imine (C=N–C) groups is 1. The molecule has 0 radical (unpaired) electrons. The molecule has 1 aliphatic heterocycles. The van der Waals surface area contributed by atoms with Crippen molar-refractivity contribution in [3.63, 3.8) is 0 Å². The largest absolute Gasteiger partial charge is 0.355 e. The predicted molar refractivity (Wildman–Crippen MR) is 99.2 cm³/mol. The van der Waals surface area contributed by atoms with Gasteiger partial charge in [-0.1, -0.05) is 12.2 Å². The summed E-state index contributed by atoms with van der Waals surface area (Å²) in [7, 11) is 0. The van der Waals surface area contributed by atoms with Crippen molar-refractivity contribution < 1.29 is 4.79 Å². The Hall–Kier alpha value is -2.53. The van der Waals surface area contributed by atoms with Gasteiger partial charge >= 0.3 is 0 Å². The zero-order chi connectivity index (χ0) is 16.6. The fourth-order valence-electron chi connectivity index (χ4n) is 2.41. The first-order valence-electron chi connectivity index (χ1n) is 7.94. The minimum Gasteiger partial charge on any atom is -0.355 e. The summed E-state index contributed by atoms with van der Waals surface area (Å²) in [6.45, 7) is 0.627. The van der Waals surface area contributed by atoms with Crippen LogP contribution >= 0.6 is 11.3 Å². The van der Waals surface area contributed by atoms with Crippen LogP contribution in [0.15, 0.2) is 66.1 Å². The summed E-state index contributed by atoms with van der Waals surface area (Å²) in [4.78, 5) is 22.7. The Balaban J connectivity index is 1.47. The van der Waals surface area contributed by atoms with Crippen molar-refractivity contribution in [1.29, 1.82) is 0 Å². The number of allylic oxidation sites excluding steroid dienone is 3. The topological polar surface area (TPSA) is 54.4 Å². The number of carbonyl (C=O) groups is 1. The molecule has 0 bridgehead atoms. The van der Waals surface area contributed by atoms with E-state index in [1.165, 1.54) is 0 Å². The molecule has 5 heteroatoms. The van der Waals surface area contributed by atoms with E-state index >= 15 is 0 Å². The first kappa shape index (κ1) is 16.3. The van der Waals surface area contributed by atoms with Gasteiger partial charge in [-0.25, -0.2) is 0 Å². The van der Waals surface area contributed by atoms with E-state index in [9.17, 15) is 4.79 Å². The molecular weight excluding hydrogens is 318 g/mol. The maximum Gasteiger partial charge on any atom is 0.225 e. The van der Waals surface area contributed by atoms with Crippen LogP contribution in [0.4, 0.5) is 0 Å². The summed E-state index contributed by atoms with van der Waals surface area (Å²) >= 11 is 1.65. The molecule has 0 aromatic carbocycles. The second-order valence-corrected chi connectivity index (χ2v) is 6.62. The summed E-state index contributed by atoms with van der Waals surface area (Å²) in [6, 6.07) is 8.03. The van der Waals surface area contributed by atoms with Crippen LogP contribution in [0.5, 0.6) is 0 Å². The highest BCUT2D eigenvalue weighted by Crippen LogP contribution is 2.27. The van der Waals surface area contributed by atoms with Crippen molar-refractivity contribution >= 4 is 23.0 Å². The van der Waals surface area contributed by atoms with Crippen molar-refractivity contribution in [1.82, 2.24) is 10.3 Å². The van der Waals surface area contributed by atoms with Crippen LogP contribution < -0.4 is 5.32 Å². The van der Waals surface area contributed by atoms with Crippen LogP contribution in [0.2, 0.25) is 0 Å². The monoisotopic (exact) mass is 337 g/mol. The summed E-state index contributed by atoms with van der Waals surface area (Å²) in [5, 5.41) is 2.98. The van der Waals surface area contributed by atoms with Crippen LogP contribution in [0.3, 0.4) is 0 Å². The van der Waals surface area contributed by atoms with Crippen LogP contribution in [-0.2, 0) is 11.2 Å². The molecule has 1 N–H and O–H groups in total. The molecule has 0 saturated heterocycles. The fourth-order valence-corrected chi connectivity index (χ4v) is 3.42. The highest BCUT2D eigenvalue weighted by Gasteiger charge is 2.08. The second kappa shape index (κ2) is 8.36. The lowest BCUT2D eigenvalue weighted by Crippen LogP contribution is -2.27. The lowest BCUT2D eigenvalue weighted by molar-refractivity contribution is -0.120. The number of nitrogens with one attached hydrogen (secondary N) is 1. The molecule has 2 aromatic heterocycles. The standard InChI is InChI=1S/C19H19N3OS/c23-19(22-13-9-16-4-2-1-3-10-21-16)14-17-5-6-18(24-17)15-7-11-20-12-8-15/h1-3,5-8,10-12H,4,9,13-14H2,(H,22,23). The molecule has 3 rings (SSSR count). The molecule has 1 aliphatic rings. The van der Waals surface area contributed by atoms with E-state index in [4.69, 9.17) is 0 Å². The van der Waals surface area contributed by atoms with Gasteiger partial charge in [0.2, 0.25) is 5.91 Å². The molecule has 4 nitrogen and oxygen atoms in total. The van der Waals surface area contributed by atoms with Crippen LogP contribution in [0.1, 0.15) is 17.7 Å². The van der Waals surface area contributed by atoms with E-state index in [1.54, 1.807) is 29.9 Å². The van der Waals surface area contributed by atoms with Crippen molar-refractivity contribution in [3.05, 3.63) is 66.0 Å². The minimum absolute atomic E-state index is 0.0541. The number of thiophene rings is 1. The first-order valence-corrected chi connectivity index (χ1v) is 8.76. The number of nitrogens with zero attached hydrogens (tertiary/aromatic N) is 2. The van der Waals surface area contributed by atoms with Crippen molar-refractivity contribution in [2.24, 2.45) is 4.99 Å². The Kier molecular flexibility index (Phi) is 5.69. The van der Waals surface area contributed by atoms with Crippen LogP contribution in [0, 0.1) is 0 Å². The quantitative estimate of drug-likeness (QED) is 0.872. The third-order valence-corrected chi connectivity index (χ3v) is 4.78. The summed E-state index contributed by atoms with van der Waals surface area (Å²) in [6.07, 6.45) is 13.4. The summed E-state index contributed by atoms with van der Waals surface area (Å²) in [5.74, 6) is 0.0541. The lowest BCUT2D eigenvalue weighted by Gasteiger charge is -2.05. The zero-order valence-electron chi connectivity index (χ0n) is 13.3. The number of amides is 1.